The summed E-state index contributed by atoms with van der Waals surface area (Å²) in [5.74, 6) is 1.49. The van der Waals surface area contributed by atoms with Gasteiger partial charge in [-0.1, -0.05) is 18.2 Å². The summed E-state index contributed by atoms with van der Waals surface area (Å²) in [6.45, 7) is 6.99. The molecule has 0 bridgehead atoms. The van der Waals surface area contributed by atoms with Gasteiger partial charge in [-0.25, -0.2) is 4.68 Å². The van der Waals surface area contributed by atoms with Crippen molar-refractivity contribution in [3.63, 3.8) is 0 Å². The molecule has 0 atom stereocenters. The van der Waals surface area contributed by atoms with Crippen LogP contribution in [0.1, 0.15) is 25.1 Å². The third-order valence-electron chi connectivity index (χ3n) is 4.06. The van der Waals surface area contributed by atoms with Crippen LogP contribution in [0, 0.1) is 6.92 Å². The smallest absolute Gasteiger partial charge is 0.123 e. The van der Waals surface area contributed by atoms with Crippen LogP contribution in [0.25, 0.3) is 16.9 Å². The van der Waals surface area contributed by atoms with E-state index in [1.807, 2.05) is 74.0 Å². The van der Waals surface area contributed by atoms with Gasteiger partial charge >= 0.3 is 0 Å². The second-order valence-electron chi connectivity index (χ2n) is 5.94. The maximum absolute atomic E-state index is 9.59. The molecule has 0 unspecified atom stereocenters. The van der Waals surface area contributed by atoms with Crippen molar-refractivity contribution in [3.05, 3.63) is 59.8 Å². The van der Waals surface area contributed by atoms with E-state index in [1.54, 1.807) is 0 Å². The predicted molar refractivity (Wildman–Crippen MR) is 102 cm³/mol. The number of nitrogens with zero attached hydrogens (tertiary/aromatic N) is 2. The largest absolute Gasteiger partial charge is 0.494 e. The lowest BCUT2D eigenvalue weighted by atomic mass is 10.1. The van der Waals surface area contributed by atoms with Crippen LogP contribution >= 0.6 is 0 Å². The van der Waals surface area contributed by atoms with E-state index in [0.29, 0.717) is 18.9 Å². The normalized spacial score (nSPS) is 10.8. The molecule has 5 heteroatoms. The molecule has 1 heterocycles. The van der Waals surface area contributed by atoms with E-state index in [0.717, 1.165) is 34.0 Å². The molecular weight excluding hydrogens is 328 g/mol. The molecule has 3 aromatic rings. The topological polar surface area (TPSA) is 56.5 Å². The standard InChI is InChI=1S/C21H24N2O3/c1-4-25-18-10-16(11-19(13-18)26-5-2)21-12-17(14-24)22-23(21)20-9-7-6-8-15(20)3/h6-13,24H,4-5,14H2,1-3H3. The van der Waals surface area contributed by atoms with E-state index in [4.69, 9.17) is 9.47 Å². The van der Waals surface area contributed by atoms with Crippen LogP contribution < -0.4 is 9.47 Å². The van der Waals surface area contributed by atoms with Crippen LogP contribution in [0.4, 0.5) is 0 Å². The van der Waals surface area contributed by atoms with Gasteiger partial charge in [-0.15, -0.1) is 0 Å². The number of benzene rings is 2. The van der Waals surface area contributed by atoms with Crippen LogP contribution in [-0.4, -0.2) is 28.1 Å². The number of aryl methyl sites for hydroxylation is 1. The average molecular weight is 352 g/mol. The summed E-state index contributed by atoms with van der Waals surface area (Å²) < 4.78 is 13.3. The maximum atomic E-state index is 9.59. The first-order chi connectivity index (χ1) is 12.7. The van der Waals surface area contributed by atoms with Crippen molar-refractivity contribution < 1.29 is 14.6 Å². The van der Waals surface area contributed by atoms with Gasteiger partial charge in [0, 0.05) is 11.6 Å². The van der Waals surface area contributed by atoms with E-state index in [9.17, 15) is 5.11 Å². The second kappa shape index (κ2) is 8.06. The highest BCUT2D eigenvalue weighted by atomic mass is 16.5. The molecule has 0 radical (unpaired) electrons. The molecule has 5 nitrogen and oxygen atoms in total. The van der Waals surface area contributed by atoms with Crippen LogP contribution in [-0.2, 0) is 6.61 Å². The van der Waals surface area contributed by atoms with Crippen LogP contribution in [0.5, 0.6) is 11.5 Å². The number of ether oxygens (including phenoxy) is 2. The number of para-hydroxylation sites is 1. The number of rotatable bonds is 7. The summed E-state index contributed by atoms with van der Waals surface area (Å²) in [6, 6.07) is 15.8. The van der Waals surface area contributed by atoms with Gasteiger partial charge in [0.05, 0.1) is 36.9 Å². The van der Waals surface area contributed by atoms with Crippen molar-refractivity contribution in [2.45, 2.75) is 27.4 Å². The Kier molecular flexibility index (Phi) is 5.58. The Bertz CT molecular complexity index is 862. The summed E-state index contributed by atoms with van der Waals surface area (Å²) in [5, 5.41) is 14.2. The molecular formula is C21H24N2O3. The highest BCUT2D eigenvalue weighted by Gasteiger charge is 2.15. The minimum absolute atomic E-state index is 0.116. The number of aromatic nitrogens is 2. The molecule has 1 aromatic heterocycles. The van der Waals surface area contributed by atoms with E-state index >= 15 is 0 Å². The molecule has 0 saturated carbocycles. The van der Waals surface area contributed by atoms with Gasteiger partial charge in [-0.3, -0.25) is 0 Å². The minimum Gasteiger partial charge on any atom is -0.494 e. The number of hydrogen-bond donors (Lipinski definition) is 1. The maximum Gasteiger partial charge on any atom is 0.123 e. The van der Waals surface area contributed by atoms with Gasteiger partial charge in [-0.2, -0.15) is 5.10 Å². The molecule has 0 saturated heterocycles. The summed E-state index contributed by atoms with van der Waals surface area (Å²) >= 11 is 0. The molecule has 0 spiro atoms. The fraction of sp³-hybridized carbons (Fsp3) is 0.286. The fourth-order valence-electron chi connectivity index (χ4n) is 2.92. The lowest BCUT2D eigenvalue weighted by molar-refractivity contribution is 0.276. The van der Waals surface area contributed by atoms with Crippen LogP contribution in [0.2, 0.25) is 0 Å². The van der Waals surface area contributed by atoms with E-state index in [1.165, 1.54) is 0 Å². The number of aliphatic hydroxyl groups is 1. The molecule has 136 valence electrons. The third-order valence-corrected chi connectivity index (χ3v) is 4.06. The zero-order valence-electron chi connectivity index (χ0n) is 15.4. The second-order valence-corrected chi connectivity index (χ2v) is 5.94. The van der Waals surface area contributed by atoms with E-state index in [2.05, 4.69) is 5.10 Å². The summed E-state index contributed by atoms with van der Waals surface area (Å²) in [5.41, 5.74) is 4.50. The van der Waals surface area contributed by atoms with Crippen molar-refractivity contribution in [1.82, 2.24) is 9.78 Å². The molecule has 0 amide bonds. The molecule has 3 rings (SSSR count). The Hall–Kier alpha value is -2.79. The van der Waals surface area contributed by atoms with Crippen molar-refractivity contribution in [3.8, 4) is 28.4 Å². The predicted octanol–water partition coefficient (Wildman–Crippen LogP) is 4.14. The first-order valence-corrected chi connectivity index (χ1v) is 8.83. The molecule has 26 heavy (non-hydrogen) atoms. The van der Waals surface area contributed by atoms with E-state index < -0.39 is 0 Å². The monoisotopic (exact) mass is 352 g/mol. The summed E-state index contributed by atoms with van der Waals surface area (Å²) in [4.78, 5) is 0. The Morgan fingerprint density at radius 1 is 0.962 bits per heavy atom. The van der Waals surface area contributed by atoms with Crippen molar-refractivity contribution in [1.29, 1.82) is 0 Å². The minimum atomic E-state index is -0.116. The molecule has 0 fully saturated rings. The van der Waals surface area contributed by atoms with Gasteiger partial charge in [0.15, 0.2) is 0 Å². The lowest BCUT2D eigenvalue weighted by Gasteiger charge is -2.13. The number of aliphatic hydroxyl groups excluding tert-OH is 1. The Labute approximate surface area is 153 Å². The molecule has 1 N–H and O–H groups in total. The highest BCUT2D eigenvalue weighted by Crippen LogP contribution is 2.32. The third kappa shape index (κ3) is 3.73. The number of hydrogen-bond acceptors (Lipinski definition) is 4. The van der Waals surface area contributed by atoms with Gasteiger partial charge < -0.3 is 14.6 Å². The summed E-state index contributed by atoms with van der Waals surface area (Å²) in [6.07, 6.45) is 0. The SMILES string of the molecule is CCOc1cc(OCC)cc(-c2cc(CO)nn2-c2ccccc2C)c1. The van der Waals surface area contributed by atoms with Crippen LogP contribution in [0.15, 0.2) is 48.5 Å². The zero-order chi connectivity index (χ0) is 18.5. The average Bonchev–Trinajstić information content (AvgIpc) is 3.07. The van der Waals surface area contributed by atoms with Gasteiger partial charge in [0.25, 0.3) is 0 Å². The Balaban J connectivity index is 2.17. The Morgan fingerprint density at radius 3 is 2.19 bits per heavy atom. The molecule has 0 aliphatic carbocycles. The highest BCUT2D eigenvalue weighted by molar-refractivity contribution is 5.67. The Morgan fingerprint density at radius 2 is 1.62 bits per heavy atom. The van der Waals surface area contributed by atoms with Gasteiger partial charge in [0.1, 0.15) is 11.5 Å². The summed E-state index contributed by atoms with van der Waals surface area (Å²) in [7, 11) is 0. The lowest BCUT2D eigenvalue weighted by Crippen LogP contribution is -2.02. The molecule has 0 aliphatic heterocycles. The quantitative estimate of drug-likeness (QED) is 0.694. The van der Waals surface area contributed by atoms with Crippen LogP contribution in [0.3, 0.4) is 0 Å². The first-order valence-electron chi connectivity index (χ1n) is 8.83. The van der Waals surface area contributed by atoms with Crippen molar-refractivity contribution in [2.24, 2.45) is 0 Å². The molecule has 2 aromatic carbocycles. The van der Waals surface area contributed by atoms with Gasteiger partial charge in [-0.05, 0) is 50.6 Å². The van der Waals surface area contributed by atoms with Gasteiger partial charge in [0.2, 0.25) is 0 Å². The van der Waals surface area contributed by atoms with Crippen molar-refractivity contribution in [2.75, 3.05) is 13.2 Å². The molecule has 0 aliphatic rings. The first kappa shape index (κ1) is 18.0. The fourth-order valence-corrected chi connectivity index (χ4v) is 2.92. The van der Waals surface area contributed by atoms with E-state index in [-0.39, 0.29) is 6.61 Å². The van der Waals surface area contributed by atoms with Crippen molar-refractivity contribution >= 4 is 0 Å². The zero-order valence-corrected chi connectivity index (χ0v) is 15.4.